The Bertz CT molecular complexity index is 1520. The van der Waals surface area contributed by atoms with E-state index in [4.69, 9.17) is 17.3 Å². The quantitative estimate of drug-likeness (QED) is 0.267. The van der Waals surface area contributed by atoms with Gasteiger partial charge in [-0.05, 0) is 50.5 Å². The van der Waals surface area contributed by atoms with Crippen LogP contribution in [0.15, 0.2) is 49.2 Å². The third-order valence-electron chi connectivity index (χ3n) is 5.67. The zero-order chi connectivity index (χ0) is 28.5. The maximum atomic E-state index is 15.3. The lowest BCUT2D eigenvalue weighted by atomic mass is 9.92. The number of nitrogens with zero attached hydrogens (tertiary/aromatic N) is 5. The number of carbonyl (C=O) groups is 1. The highest BCUT2D eigenvalue weighted by Gasteiger charge is 2.36. The van der Waals surface area contributed by atoms with Crippen LogP contribution in [0.3, 0.4) is 0 Å². The van der Waals surface area contributed by atoms with Crippen molar-refractivity contribution >= 4 is 28.9 Å². The number of carbonyl (C=O) groups excluding carboxylic acids is 1. The fraction of sp³-hybridized carbons (Fsp3) is 0.240. The molecule has 0 fully saturated rings. The van der Waals surface area contributed by atoms with Crippen LogP contribution in [0.2, 0.25) is 5.02 Å². The fourth-order valence-corrected chi connectivity index (χ4v) is 4.06. The lowest BCUT2D eigenvalue weighted by Gasteiger charge is -2.19. The summed E-state index contributed by atoms with van der Waals surface area (Å²) in [6, 6.07) is 2.73. The maximum absolute atomic E-state index is 15.3. The summed E-state index contributed by atoms with van der Waals surface area (Å²) < 4.78 is 56.3. The number of aromatic nitrogens is 5. The molecule has 0 unspecified atom stereocenters. The van der Waals surface area contributed by atoms with Gasteiger partial charge in [0, 0.05) is 17.3 Å². The molecule has 39 heavy (non-hydrogen) atoms. The highest BCUT2D eigenvalue weighted by Crippen LogP contribution is 2.37. The third-order valence-corrected chi connectivity index (χ3v) is 5.98. The molecule has 4 aromatic rings. The van der Waals surface area contributed by atoms with Gasteiger partial charge in [0.25, 0.3) is 5.91 Å². The molecule has 3 aromatic heterocycles. The summed E-state index contributed by atoms with van der Waals surface area (Å²) in [4.78, 5) is 21.4. The van der Waals surface area contributed by atoms with Crippen LogP contribution >= 0.6 is 11.6 Å². The van der Waals surface area contributed by atoms with Crippen molar-refractivity contribution in [3.63, 3.8) is 0 Å². The van der Waals surface area contributed by atoms with Crippen molar-refractivity contribution in [2.45, 2.75) is 38.5 Å². The molecule has 1 aromatic carbocycles. The van der Waals surface area contributed by atoms with E-state index in [2.05, 4.69) is 25.5 Å². The Kier molecular flexibility index (Phi) is 7.57. The summed E-state index contributed by atoms with van der Waals surface area (Å²) in [7, 11) is 0. The van der Waals surface area contributed by atoms with E-state index in [1.165, 1.54) is 30.9 Å². The van der Waals surface area contributed by atoms with Gasteiger partial charge in [0.2, 0.25) is 0 Å². The third kappa shape index (κ3) is 6.32. The van der Waals surface area contributed by atoms with Gasteiger partial charge in [-0.2, -0.15) is 23.4 Å². The summed E-state index contributed by atoms with van der Waals surface area (Å²) in [5.41, 5.74) is 4.29. The molecule has 4 rings (SSSR count). The predicted molar refractivity (Wildman–Crippen MR) is 136 cm³/mol. The minimum absolute atomic E-state index is 0.000652. The number of amides is 1. The largest absolute Gasteiger partial charge is 0.420 e. The molecule has 0 spiro atoms. The molecule has 0 saturated carbocycles. The Morgan fingerprint density at radius 3 is 2.46 bits per heavy atom. The van der Waals surface area contributed by atoms with E-state index in [-0.39, 0.29) is 27.5 Å². The monoisotopic (exact) mass is 563 g/mol. The molecular formula is C25H22ClF4N7O2. The fourth-order valence-electron chi connectivity index (χ4n) is 3.81. The van der Waals surface area contributed by atoms with Gasteiger partial charge in [0.1, 0.15) is 11.4 Å². The average molecular weight is 564 g/mol. The summed E-state index contributed by atoms with van der Waals surface area (Å²) in [5.74, 6) is -2.40. The standard InChI is InChI=1S/C25H22ClF4N7O2/c1-24(2,39)4-3-13-10-32-12-20(31)21(13)16-8-18(26)15(9-19(16)27)23(38)36-14-7-17(25(28,29)30)22(33-11-14)37-34-5-6-35-37/h5-12,39H,3-4,31H2,1-2H3,(H,36,38). The van der Waals surface area contributed by atoms with E-state index in [1.54, 1.807) is 13.8 Å². The smallest absolute Gasteiger partial charge is 0.397 e. The number of hydrogen-bond acceptors (Lipinski definition) is 7. The topological polar surface area (TPSA) is 132 Å². The van der Waals surface area contributed by atoms with E-state index in [1.807, 2.05) is 0 Å². The van der Waals surface area contributed by atoms with Crippen LogP contribution in [0.25, 0.3) is 16.9 Å². The SMILES string of the molecule is CC(C)(O)CCc1cncc(N)c1-c1cc(Cl)c(C(=O)Nc2cnc(-n3nccn3)c(C(F)(F)F)c2)cc1F. The molecule has 204 valence electrons. The van der Waals surface area contributed by atoms with Crippen molar-refractivity contribution < 1.29 is 27.5 Å². The number of anilines is 2. The minimum atomic E-state index is -4.84. The average Bonchev–Trinajstić information content (AvgIpc) is 3.38. The molecule has 14 heteroatoms. The molecular weight excluding hydrogens is 542 g/mol. The molecule has 0 radical (unpaired) electrons. The second-order valence-electron chi connectivity index (χ2n) is 9.25. The summed E-state index contributed by atoms with van der Waals surface area (Å²) in [6.07, 6.45) is 2.02. The molecule has 0 atom stereocenters. The second kappa shape index (κ2) is 10.6. The molecule has 1 amide bonds. The van der Waals surface area contributed by atoms with Gasteiger partial charge in [-0.25, -0.2) is 9.37 Å². The van der Waals surface area contributed by atoms with Gasteiger partial charge in [-0.1, -0.05) is 11.6 Å². The van der Waals surface area contributed by atoms with Gasteiger partial charge in [0.05, 0.1) is 52.3 Å². The van der Waals surface area contributed by atoms with E-state index in [0.29, 0.717) is 34.8 Å². The number of hydrogen-bond donors (Lipinski definition) is 3. The highest BCUT2D eigenvalue weighted by atomic mass is 35.5. The number of halogens is 5. The lowest BCUT2D eigenvalue weighted by Crippen LogP contribution is -2.19. The Labute approximate surface area is 224 Å². The molecule has 4 N–H and O–H groups in total. The Morgan fingerprint density at radius 1 is 1.13 bits per heavy atom. The first-order valence-corrected chi connectivity index (χ1v) is 11.8. The van der Waals surface area contributed by atoms with Crippen molar-refractivity contribution in [2.24, 2.45) is 0 Å². The predicted octanol–water partition coefficient (Wildman–Crippen LogP) is 5.07. The van der Waals surface area contributed by atoms with Crippen LogP contribution < -0.4 is 11.1 Å². The second-order valence-corrected chi connectivity index (χ2v) is 9.66. The molecule has 0 aliphatic heterocycles. The molecule has 3 heterocycles. The first-order valence-electron chi connectivity index (χ1n) is 11.4. The van der Waals surface area contributed by atoms with Crippen LogP contribution in [0.5, 0.6) is 0 Å². The summed E-state index contributed by atoms with van der Waals surface area (Å²) in [5, 5.41) is 19.5. The van der Waals surface area contributed by atoms with Crippen LogP contribution in [0, 0.1) is 5.82 Å². The number of nitrogens with two attached hydrogens (primary N) is 1. The van der Waals surface area contributed by atoms with E-state index < -0.39 is 34.9 Å². The van der Waals surface area contributed by atoms with Gasteiger partial charge >= 0.3 is 6.18 Å². The number of nitrogen functional groups attached to an aromatic ring is 1. The van der Waals surface area contributed by atoms with Gasteiger partial charge in [0.15, 0.2) is 5.82 Å². The normalized spacial score (nSPS) is 12.0. The summed E-state index contributed by atoms with van der Waals surface area (Å²) in [6.45, 7) is 3.26. The van der Waals surface area contributed by atoms with Gasteiger partial charge in [-0.3, -0.25) is 9.78 Å². The lowest BCUT2D eigenvalue weighted by molar-refractivity contribution is -0.137. The summed E-state index contributed by atoms with van der Waals surface area (Å²) >= 11 is 6.32. The zero-order valence-corrected chi connectivity index (χ0v) is 21.3. The Morgan fingerprint density at radius 2 is 1.82 bits per heavy atom. The van der Waals surface area contributed by atoms with Crippen molar-refractivity contribution in [1.82, 2.24) is 25.0 Å². The molecule has 9 nitrogen and oxygen atoms in total. The Balaban J connectivity index is 1.66. The number of pyridine rings is 2. The van der Waals surface area contributed by atoms with Crippen molar-refractivity contribution in [2.75, 3.05) is 11.1 Å². The number of aliphatic hydroxyl groups is 1. The molecule has 0 aliphatic carbocycles. The number of rotatable bonds is 7. The van der Waals surface area contributed by atoms with Crippen LogP contribution in [-0.2, 0) is 12.6 Å². The van der Waals surface area contributed by atoms with Crippen LogP contribution in [-0.4, -0.2) is 41.6 Å². The first-order chi connectivity index (χ1) is 18.2. The van der Waals surface area contributed by atoms with E-state index >= 15 is 4.39 Å². The Hall–Kier alpha value is -4.10. The van der Waals surface area contributed by atoms with Crippen molar-refractivity contribution in [1.29, 1.82) is 0 Å². The first kappa shape index (κ1) is 27.9. The van der Waals surface area contributed by atoms with Crippen molar-refractivity contribution in [3.8, 4) is 16.9 Å². The van der Waals surface area contributed by atoms with Crippen molar-refractivity contribution in [3.05, 3.63) is 76.7 Å². The molecule has 0 aliphatic rings. The maximum Gasteiger partial charge on any atom is 0.420 e. The van der Waals surface area contributed by atoms with Gasteiger partial charge in [-0.15, -0.1) is 4.80 Å². The number of aryl methyl sites for hydroxylation is 1. The molecule has 0 bridgehead atoms. The number of nitrogens with one attached hydrogen (secondary N) is 1. The zero-order valence-electron chi connectivity index (χ0n) is 20.6. The van der Waals surface area contributed by atoms with Gasteiger partial charge < -0.3 is 16.2 Å². The van der Waals surface area contributed by atoms with Crippen LogP contribution in [0.1, 0.15) is 41.8 Å². The highest BCUT2D eigenvalue weighted by molar-refractivity contribution is 6.34. The molecule has 0 saturated heterocycles. The number of alkyl halides is 3. The minimum Gasteiger partial charge on any atom is -0.397 e. The van der Waals surface area contributed by atoms with Crippen LogP contribution in [0.4, 0.5) is 28.9 Å². The van der Waals surface area contributed by atoms with E-state index in [0.717, 1.165) is 12.3 Å². The number of benzene rings is 1. The van der Waals surface area contributed by atoms with E-state index in [9.17, 15) is 23.1 Å².